The van der Waals surface area contributed by atoms with Crippen LogP contribution in [-0.4, -0.2) is 13.4 Å². The van der Waals surface area contributed by atoms with Crippen LogP contribution in [0.4, 0.5) is 10.1 Å². The van der Waals surface area contributed by atoms with Gasteiger partial charge in [-0.1, -0.05) is 11.6 Å². The molecule has 1 aromatic carbocycles. The summed E-state index contributed by atoms with van der Waals surface area (Å²) in [4.78, 5) is 3.54. The number of rotatable bonds is 4. The van der Waals surface area contributed by atoms with Crippen molar-refractivity contribution < 1.29 is 12.8 Å². The standard InChI is InChI=1S/C11H11ClFN3O2S2/c1-6-16-8(5-19-6)4-15-20(17,18)10-3-7(14)2-9(12)11(10)13/h2-3,5,15H,4,14H2,1H3. The van der Waals surface area contributed by atoms with E-state index >= 15 is 0 Å². The molecule has 0 aliphatic heterocycles. The van der Waals surface area contributed by atoms with E-state index in [1.165, 1.54) is 11.3 Å². The minimum absolute atomic E-state index is 0.0292. The van der Waals surface area contributed by atoms with E-state index in [1.807, 2.05) is 0 Å². The zero-order valence-corrected chi connectivity index (χ0v) is 12.7. The van der Waals surface area contributed by atoms with Crippen molar-refractivity contribution in [2.75, 3.05) is 5.73 Å². The lowest BCUT2D eigenvalue weighted by molar-refractivity contribution is 0.556. The maximum atomic E-state index is 13.8. The summed E-state index contributed by atoms with van der Waals surface area (Å²) in [5.74, 6) is -1.03. The highest BCUT2D eigenvalue weighted by Crippen LogP contribution is 2.25. The zero-order valence-electron chi connectivity index (χ0n) is 10.4. The second kappa shape index (κ2) is 5.65. The summed E-state index contributed by atoms with van der Waals surface area (Å²) in [7, 11) is -4.05. The minimum Gasteiger partial charge on any atom is -0.399 e. The van der Waals surface area contributed by atoms with Gasteiger partial charge >= 0.3 is 0 Å². The van der Waals surface area contributed by atoms with Crippen LogP contribution in [0.25, 0.3) is 0 Å². The lowest BCUT2D eigenvalue weighted by Gasteiger charge is -2.08. The topological polar surface area (TPSA) is 85.1 Å². The first-order valence-corrected chi connectivity index (χ1v) is 8.19. The van der Waals surface area contributed by atoms with E-state index in [2.05, 4.69) is 9.71 Å². The molecule has 2 aromatic rings. The molecular weight excluding hydrogens is 325 g/mol. The van der Waals surface area contributed by atoms with Gasteiger partial charge in [0.25, 0.3) is 0 Å². The SMILES string of the molecule is Cc1nc(CNS(=O)(=O)c2cc(N)cc(Cl)c2F)cs1. The molecule has 0 atom stereocenters. The van der Waals surface area contributed by atoms with Crippen LogP contribution in [0.3, 0.4) is 0 Å². The maximum absolute atomic E-state index is 13.8. The van der Waals surface area contributed by atoms with Gasteiger partial charge in [0, 0.05) is 11.1 Å². The van der Waals surface area contributed by atoms with Gasteiger partial charge < -0.3 is 5.73 Å². The summed E-state index contributed by atoms with van der Waals surface area (Å²) < 4.78 is 40.1. The number of nitrogens with two attached hydrogens (primary N) is 1. The third kappa shape index (κ3) is 3.26. The van der Waals surface area contributed by atoms with E-state index in [0.29, 0.717) is 5.69 Å². The molecule has 0 saturated heterocycles. The van der Waals surface area contributed by atoms with Gasteiger partial charge in [0.2, 0.25) is 10.0 Å². The van der Waals surface area contributed by atoms with Crippen molar-refractivity contribution in [3.8, 4) is 0 Å². The number of halogens is 2. The van der Waals surface area contributed by atoms with Crippen molar-refractivity contribution in [3.05, 3.63) is 39.1 Å². The van der Waals surface area contributed by atoms with Crippen LogP contribution in [-0.2, 0) is 16.6 Å². The molecule has 0 bridgehead atoms. The van der Waals surface area contributed by atoms with Gasteiger partial charge in [0.05, 0.1) is 22.3 Å². The molecule has 0 unspecified atom stereocenters. The Balaban J connectivity index is 2.27. The van der Waals surface area contributed by atoms with Gasteiger partial charge in [-0.15, -0.1) is 11.3 Å². The van der Waals surface area contributed by atoms with E-state index in [9.17, 15) is 12.8 Å². The summed E-state index contributed by atoms with van der Waals surface area (Å²) in [6.45, 7) is 1.78. The van der Waals surface area contributed by atoms with Gasteiger partial charge in [-0.25, -0.2) is 22.5 Å². The number of benzene rings is 1. The molecule has 108 valence electrons. The Hall–Kier alpha value is -1.22. The molecule has 0 spiro atoms. The largest absolute Gasteiger partial charge is 0.399 e. The molecule has 0 amide bonds. The van der Waals surface area contributed by atoms with Crippen LogP contribution in [0, 0.1) is 12.7 Å². The van der Waals surface area contributed by atoms with Crippen molar-refractivity contribution >= 4 is 38.6 Å². The molecule has 9 heteroatoms. The van der Waals surface area contributed by atoms with Crippen LogP contribution >= 0.6 is 22.9 Å². The molecule has 0 aliphatic rings. The fourth-order valence-electron chi connectivity index (χ4n) is 1.52. The molecule has 1 heterocycles. The van der Waals surface area contributed by atoms with Crippen LogP contribution in [0.15, 0.2) is 22.4 Å². The van der Waals surface area contributed by atoms with Gasteiger partial charge in [0.15, 0.2) is 5.82 Å². The molecular formula is C11H11ClFN3O2S2. The first-order valence-electron chi connectivity index (χ1n) is 5.45. The number of hydrogen-bond acceptors (Lipinski definition) is 5. The van der Waals surface area contributed by atoms with Gasteiger partial charge in [-0.3, -0.25) is 0 Å². The number of nitrogen functional groups attached to an aromatic ring is 1. The van der Waals surface area contributed by atoms with E-state index < -0.39 is 20.7 Å². The van der Waals surface area contributed by atoms with Gasteiger partial charge in [-0.05, 0) is 19.1 Å². The predicted molar refractivity (Wildman–Crippen MR) is 76.7 cm³/mol. The van der Waals surface area contributed by atoms with Gasteiger partial charge in [0.1, 0.15) is 4.90 Å². The number of anilines is 1. The first kappa shape index (κ1) is 15.2. The van der Waals surface area contributed by atoms with Crippen LogP contribution in [0.2, 0.25) is 5.02 Å². The van der Waals surface area contributed by atoms with E-state index in [4.69, 9.17) is 17.3 Å². The van der Waals surface area contributed by atoms with Crippen molar-refractivity contribution in [1.29, 1.82) is 0 Å². The summed E-state index contributed by atoms with van der Waals surface area (Å²) >= 11 is 6.99. The highest BCUT2D eigenvalue weighted by Gasteiger charge is 2.22. The van der Waals surface area contributed by atoms with Crippen LogP contribution in [0.1, 0.15) is 10.7 Å². The molecule has 0 aliphatic carbocycles. The van der Waals surface area contributed by atoms with E-state index in [-0.39, 0.29) is 17.3 Å². The molecule has 5 nitrogen and oxygen atoms in total. The first-order chi connectivity index (χ1) is 9.29. The Labute approximate surface area is 124 Å². The van der Waals surface area contributed by atoms with E-state index in [0.717, 1.165) is 17.1 Å². The quantitative estimate of drug-likeness (QED) is 0.840. The Morgan fingerprint density at radius 1 is 1.50 bits per heavy atom. The average Bonchev–Trinajstić information content (AvgIpc) is 2.77. The van der Waals surface area contributed by atoms with E-state index in [1.54, 1.807) is 12.3 Å². The number of aromatic nitrogens is 1. The lowest BCUT2D eigenvalue weighted by atomic mass is 10.3. The molecule has 0 fully saturated rings. The minimum atomic E-state index is -4.05. The van der Waals surface area contributed by atoms with Crippen molar-refractivity contribution in [2.24, 2.45) is 0 Å². The third-order valence-corrected chi connectivity index (χ3v) is 4.91. The fourth-order valence-corrected chi connectivity index (χ4v) is 3.54. The number of thiazole rings is 1. The fraction of sp³-hybridized carbons (Fsp3) is 0.182. The number of hydrogen-bond donors (Lipinski definition) is 2. The monoisotopic (exact) mass is 335 g/mol. The highest BCUT2D eigenvalue weighted by atomic mass is 35.5. The predicted octanol–water partition coefficient (Wildman–Crippen LogP) is 2.30. The Bertz CT molecular complexity index is 746. The molecule has 0 saturated carbocycles. The summed E-state index contributed by atoms with van der Waals surface area (Å²) in [6.07, 6.45) is 0. The summed E-state index contributed by atoms with van der Waals surface area (Å²) in [5, 5.41) is 2.20. The molecule has 2 rings (SSSR count). The Kier molecular flexibility index (Phi) is 4.28. The summed E-state index contributed by atoms with van der Waals surface area (Å²) in [6, 6.07) is 2.18. The van der Waals surface area contributed by atoms with Crippen molar-refractivity contribution in [2.45, 2.75) is 18.4 Å². The van der Waals surface area contributed by atoms with Crippen LogP contribution < -0.4 is 10.5 Å². The second-order valence-corrected chi connectivity index (χ2v) is 7.20. The molecule has 3 N–H and O–H groups in total. The Morgan fingerprint density at radius 3 is 2.80 bits per heavy atom. The normalized spacial score (nSPS) is 11.8. The molecule has 20 heavy (non-hydrogen) atoms. The maximum Gasteiger partial charge on any atom is 0.243 e. The highest BCUT2D eigenvalue weighted by molar-refractivity contribution is 7.89. The van der Waals surface area contributed by atoms with Crippen molar-refractivity contribution in [3.63, 3.8) is 0 Å². The summed E-state index contributed by atoms with van der Waals surface area (Å²) in [5.41, 5.74) is 6.11. The number of nitrogens with one attached hydrogen (secondary N) is 1. The van der Waals surface area contributed by atoms with Gasteiger partial charge in [-0.2, -0.15) is 0 Å². The van der Waals surface area contributed by atoms with Crippen LogP contribution in [0.5, 0.6) is 0 Å². The zero-order chi connectivity index (χ0) is 14.9. The third-order valence-electron chi connectivity index (χ3n) is 2.42. The smallest absolute Gasteiger partial charge is 0.243 e. The molecule has 0 radical (unpaired) electrons. The lowest BCUT2D eigenvalue weighted by Crippen LogP contribution is -2.24. The second-order valence-electron chi connectivity index (χ2n) is 4.00. The van der Waals surface area contributed by atoms with Crippen molar-refractivity contribution in [1.82, 2.24) is 9.71 Å². The number of aryl methyl sites for hydroxylation is 1. The Morgan fingerprint density at radius 2 is 2.20 bits per heavy atom. The number of sulfonamides is 1. The average molecular weight is 336 g/mol. The molecule has 1 aromatic heterocycles. The number of nitrogens with zero attached hydrogens (tertiary/aromatic N) is 1.